The lowest BCUT2D eigenvalue weighted by molar-refractivity contribution is 0.560. The Labute approximate surface area is 123 Å². The second kappa shape index (κ2) is 6.12. The molecule has 1 N–H and O–H groups in total. The maximum Gasteiger partial charge on any atom is 0.131 e. The van der Waals surface area contributed by atoms with Gasteiger partial charge in [0.25, 0.3) is 0 Å². The smallest absolute Gasteiger partial charge is 0.131 e. The molecule has 0 aromatic heterocycles. The number of nitrogens with zero attached hydrogens (tertiary/aromatic N) is 1. The Balaban J connectivity index is 1.79. The summed E-state index contributed by atoms with van der Waals surface area (Å²) in [5.41, 5.74) is 2.10. The van der Waals surface area contributed by atoms with Crippen molar-refractivity contribution in [3.63, 3.8) is 0 Å². The minimum atomic E-state index is -0.513. The van der Waals surface area contributed by atoms with Crippen molar-refractivity contribution in [2.45, 2.75) is 19.4 Å². The first-order valence-electron chi connectivity index (χ1n) is 7.26. The van der Waals surface area contributed by atoms with Crippen molar-refractivity contribution < 1.29 is 8.78 Å². The molecule has 0 aliphatic carbocycles. The molecule has 1 aliphatic heterocycles. The number of hydrogen-bond donors (Lipinski definition) is 1. The average molecular weight is 288 g/mol. The van der Waals surface area contributed by atoms with Crippen LogP contribution in [0.3, 0.4) is 0 Å². The summed E-state index contributed by atoms with van der Waals surface area (Å²) in [7, 11) is 0. The fourth-order valence-corrected chi connectivity index (χ4v) is 2.74. The molecule has 1 saturated heterocycles. The molecule has 1 aliphatic rings. The van der Waals surface area contributed by atoms with Gasteiger partial charge in [0.2, 0.25) is 0 Å². The van der Waals surface area contributed by atoms with Crippen LogP contribution in [0.2, 0.25) is 0 Å². The van der Waals surface area contributed by atoms with Crippen LogP contribution in [0.4, 0.5) is 20.2 Å². The average Bonchev–Trinajstić information content (AvgIpc) is 3.01. The summed E-state index contributed by atoms with van der Waals surface area (Å²) in [6.07, 6.45) is 2.38. The number of halogens is 2. The Morgan fingerprint density at radius 2 is 1.57 bits per heavy atom. The molecule has 0 radical (unpaired) electrons. The van der Waals surface area contributed by atoms with E-state index in [-0.39, 0.29) is 12.1 Å². The fourth-order valence-electron chi connectivity index (χ4n) is 2.74. The number of rotatable bonds is 4. The fraction of sp³-hybridized carbons (Fsp3) is 0.294. The SMILES string of the molecule is Fc1cccc(F)c1CNc1ccccc1N1CCCC1. The first kappa shape index (κ1) is 13.9. The van der Waals surface area contributed by atoms with Crippen LogP contribution in [0, 0.1) is 11.6 Å². The Kier molecular flexibility index (Phi) is 4.04. The van der Waals surface area contributed by atoms with Crippen LogP contribution in [0.5, 0.6) is 0 Å². The molecule has 2 aromatic carbocycles. The van der Waals surface area contributed by atoms with Crippen molar-refractivity contribution in [3.05, 3.63) is 59.7 Å². The van der Waals surface area contributed by atoms with Crippen LogP contribution in [0.15, 0.2) is 42.5 Å². The van der Waals surface area contributed by atoms with E-state index in [0.717, 1.165) is 24.5 Å². The minimum absolute atomic E-state index is 0.0775. The maximum atomic E-state index is 13.7. The zero-order valence-corrected chi connectivity index (χ0v) is 11.8. The normalized spacial score (nSPS) is 14.5. The van der Waals surface area contributed by atoms with E-state index in [9.17, 15) is 8.78 Å². The number of benzene rings is 2. The summed E-state index contributed by atoms with van der Waals surface area (Å²) in [6, 6.07) is 11.9. The highest BCUT2D eigenvalue weighted by Crippen LogP contribution is 2.29. The highest BCUT2D eigenvalue weighted by molar-refractivity contribution is 5.70. The number of hydrogen-bond acceptors (Lipinski definition) is 2. The molecule has 0 bridgehead atoms. The maximum absolute atomic E-state index is 13.7. The van der Waals surface area contributed by atoms with Gasteiger partial charge in [-0.25, -0.2) is 8.78 Å². The van der Waals surface area contributed by atoms with Gasteiger partial charge in [0.1, 0.15) is 11.6 Å². The number of nitrogens with one attached hydrogen (secondary N) is 1. The molecule has 21 heavy (non-hydrogen) atoms. The Morgan fingerprint density at radius 3 is 2.29 bits per heavy atom. The molecule has 0 unspecified atom stereocenters. The Bertz CT molecular complexity index is 602. The van der Waals surface area contributed by atoms with Crippen LogP contribution in [0.1, 0.15) is 18.4 Å². The predicted molar refractivity (Wildman–Crippen MR) is 81.6 cm³/mol. The van der Waals surface area contributed by atoms with Crippen molar-refractivity contribution in [1.82, 2.24) is 0 Å². The van der Waals surface area contributed by atoms with E-state index >= 15 is 0 Å². The van der Waals surface area contributed by atoms with Gasteiger partial charge in [-0.1, -0.05) is 18.2 Å². The van der Waals surface area contributed by atoms with E-state index in [1.807, 2.05) is 24.3 Å². The van der Waals surface area contributed by atoms with Crippen molar-refractivity contribution in [3.8, 4) is 0 Å². The summed E-state index contributed by atoms with van der Waals surface area (Å²) in [5, 5.41) is 3.17. The van der Waals surface area contributed by atoms with Crippen LogP contribution in [0.25, 0.3) is 0 Å². The van der Waals surface area contributed by atoms with Gasteiger partial charge < -0.3 is 10.2 Å². The standard InChI is InChI=1S/C17H18F2N2/c18-14-6-5-7-15(19)13(14)12-20-16-8-1-2-9-17(16)21-10-3-4-11-21/h1-2,5-9,20H,3-4,10-12H2. The molecule has 2 aromatic rings. The molecule has 2 nitrogen and oxygen atoms in total. The lowest BCUT2D eigenvalue weighted by Gasteiger charge is -2.22. The molecule has 0 atom stereocenters. The van der Waals surface area contributed by atoms with Gasteiger partial charge in [0.15, 0.2) is 0 Å². The van der Waals surface area contributed by atoms with E-state index in [0.29, 0.717) is 0 Å². The molecule has 4 heteroatoms. The first-order chi connectivity index (χ1) is 10.3. The molecule has 1 fully saturated rings. The third kappa shape index (κ3) is 2.99. The first-order valence-corrected chi connectivity index (χ1v) is 7.26. The summed E-state index contributed by atoms with van der Waals surface area (Å²) in [5.74, 6) is -1.03. The third-order valence-electron chi connectivity index (χ3n) is 3.87. The Hall–Kier alpha value is -2.10. The van der Waals surface area contributed by atoms with Gasteiger partial charge in [-0.05, 0) is 37.1 Å². The summed E-state index contributed by atoms with van der Waals surface area (Å²) >= 11 is 0. The van der Waals surface area contributed by atoms with Crippen molar-refractivity contribution in [2.24, 2.45) is 0 Å². The lowest BCUT2D eigenvalue weighted by Crippen LogP contribution is -2.19. The minimum Gasteiger partial charge on any atom is -0.379 e. The van der Waals surface area contributed by atoms with Crippen LogP contribution >= 0.6 is 0 Å². The van der Waals surface area contributed by atoms with Gasteiger partial charge in [0, 0.05) is 25.2 Å². The quantitative estimate of drug-likeness (QED) is 0.908. The van der Waals surface area contributed by atoms with Gasteiger partial charge in [-0.2, -0.15) is 0 Å². The van der Waals surface area contributed by atoms with E-state index in [1.54, 1.807) is 0 Å². The second-order valence-electron chi connectivity index (χ2n) is 5.27. The molecule has 1 heterocycles. The summed E-state index contributed by atoms with van der Waals surface area (Å²) in [4.78, 5) is 2.31. The lowest BCUT2D eigenvalue weighted by atomic mass is 10.2. The number of anilines is 2. The number of para-hydroxylation sites is 2. The van der Waals surface area contributed by atoms with Gasteiger partial charge in [0.05, 0.1) is 11.4 Å². The molecule has 110 valence electrons. The summed E-state index contributed by atoms with van der Waals surface area (Å²) < 4.78 is 27.3. The van der Waals surface area contributed by atoms with Gasteiger partial charge >= 0.3 is 0 Å². The Morgan fingerprint density at radius 1 is 0.905 bits per heavy atom. The molecule has 0 spiro atoms. The molecule has 0 saturated carbocycles. The third-order valence-corrected chi connectivity index (χ3v) is 3.87. The molecule has 3 rings (SSSR count). The van der Waals surface area contributed by atoms with E-state index in [1.165, 1.54) is 31.0 Å². The predicted octanol–water partition coefficient (Wildman–Crippen LogP) is 4.18. The van der Waals surface area contributed by atoms with E-state index in [2.05, 4.69) is 10.2 Å². The van der Waals surface area contributed by atoms with E-state index in [4.69, 9.17) is 0 Å². The second-order valence-corrected chi connectivity index (χ2v) is 5.27. The largest absolute Gasteiger partial charge is 0.379 e. The van der Waals surface area contributed by atoms with Crippen LogP contribution in [-0.2, 0) is 6.54 Å². The van der Waals surface area contributed by atoms with Gasteiger partial charge in [-0.3, -0.25) is 0 Å². The highest BCUT2D eigenvalue weighted by Gasteiger charge is 2.16. The molecule has 0 amide bonds. The highest BCUT2D eigenvalue weighted by atomic mass is 19.1. The zero-order chi connectivity index (χ0) is 14.7. The summed E-state index contributed by atoms with van der Waals surface area (Å²) in [6.45, 7) is 2.21. The molecular formula is C17H18F2N2. The zero-order valence-electron chi connectivity index (χ0n) is 11.8. The van der Waals surface area contributed by atoms with Gasteiger partial charge in [-0.15, -0.1) is 0 Å². The monoisotopic (exact) mass is 288 g/mol. The van der Waals surface area contributed by atoms with Crippen LogP contribution in [-0.4, -0.2) is 13.1 Å². The van der Waals surface area contributed by atoms with Crippen LogP contribution < -0.4 is 10.2 Å². The van der Waals surface area contributed by atoms with Crippen molar-refractivity contribution in [2.75, 3.05) is 23.3 Å². The topological polar surface area (TPSA) is 15.3 Å². The van der Waals surface area contributed by atoms with Crippen molar-refractivity contribution >= 4 is 11.4 Å². The van der Waals surface area contributed by atoms with Crippen molar-refractivity contribution in [1.29, 1.82) is 0 Å². The molecular weight excluding hydrogens is 270 g/mol. The van der Waals surface area contributed by atoms with E-state index < -0.39 is 11.6 Å².